The summed E-state index contributed by atoms with van der Waals surface area (Å²) in [6.45, 7) is 3.53. The van der Waals surface area contributed by atoms with Gasteiger partial charge in [-0.3, -0.25) is 0 Å². The van der Waals surface area contributed by atoms with E-state index in [4.69, 9.17) is 9.84 Å². The van der Waals surface area contributed by atoms with Crippen LogP contribution in [0.25, 0.3) is 0 Å². The van der Waals surface area contributed by atoms with Gasteiger partial charge in [-0.05, 0) is 25.7 Å². The second-order valence-electron chi connectivity index (χ2n) is 4.96. The first kappa shape index (κ1) is 15.8. The molecule has 2 amide bonds. The summed E-state index contributed by atoms with van der Waals surface area (Å²) in [7, 11) is 1.51. The highest BCUT2D eigenvalue weighted by atomic mass is 16.5. The monoisotopic (exact) mass is 272 g/mol. The maximum Gasteiger partial charge on any atom is 0.326 e. The predicted molar refractivity (Wildman–Crippen MR) is 71.0 cm³/mol. The van der Waals surface area contributed by atoms with Crippen LogP contribution in [0.1, 0.15) is 32.6 Å². The van der Waals surface area contributed by atoms with Crippen molar-refractivity contribution in [3.8, 4) is 0 Å². The van der Waals surface area contributed by atoms with Crippen molar-refractivity contribution in [3.05, 3.63) is 0 Å². The Morgan fingerprint density at radius 2 is 2.16 bits per heavy atom. The van der Waals surface area contributed by atoms with Gasteiger partial charge in [-0.1, -0.05) is 6.42 Å². The minimum Gasteiger partial charge on any atom is -0.480 e. The lowest BCUT2D eigenvalue weighted by atomic mass is 9.85. The van der Waals surface area contributed by atoms with Crippen molar-refractivity contribution in [2.75, 3.05) is 26.8 Å². The number of aliphatic carboxylic acids is 1. The molecule has 0 aromatic heterocycles. The van der Waals surface area contributed by atoms with Crippen molar-refractivity contribution in [3.63, 3.8) is 0 Å². The largest absolute Gasteiger partial charge is 0.480 e. The number of amides is 2. The van der Waals surface area contributed by atoms with Crippen molar-refractivity contribution in [2.45, 2.75) is 38.6 Å². The molecule has 1 aliphatic rings. The average molecular weight is 272 g/mol. The van der Waals surface area contributed by atoms with Crippen LogP contribution in [-0.4, -0.2) is 54.9 Å². The highest BCUT2D eigenvalue weighted by Crippen LogP contribution is 2.27. The topological polar surface area (TPSA) is 78.9 Å². The smallest absolute Gasteiger partial charge is 0.326 e. The minimum absolute atomic E-state index is 0.276. The number of carbonyl (C=O) groups excluding carboxylic acids is 1. The molecular formula is C13H24N2O4. The second-order valence-corrected chi connectivity index (χ2v) is 4.96. The molecule has 0 aromatic carbocycles. The van der Waals surface area contributed by atoms with Gasteiger partial charge in [0.25, 0.3) is 0 Å². The molecule has 2 N–H and O–H groups in total. The number of nitrogens with one attached hydrogen (secondary N) is 1. The van der Waals surface area contributed by atoms with Gasteiger partial charge in [-0.15, -0.1) is 0 Å². The van der Waals surface area contributed by atoms with Gasteiger partial charge in [-0.25, -0.2) is 9.59 Å². The van der Waals surface area contributed by atoms with Crippen LogP contribution in [0, 0.1) is 5.92 Å². The van der Waals surface area contributed by atoms with Crippen LogP contribution >= 0.6 is 0 Å². The summed E-state index contributed by atoms with van der Waals surface area (Å²) in [6, 6.07) is -1.18. The number of hydrogen-bond donors (Lipinski definition) is 2. The number of rotatable bonds is 8. The Balaban J connectivity index is 2.45. The molecule has 6 nitrogen and oxygen atoms in total. The first-order valence-electron chi connectivity index (χ1n) is 6.85. The molecule has 0 saturated heterocycles. The van der Waals surface area contributed by atoms with Crippen LogP contribution in [0.5, 0.6) is 0 Å². The van der Waals surface area contributed by atoms with E-state index in [9.17, 15) is 9.59 Å². The number of carboxylic acids is 1. The molecule has 110 valence electrons. The van der Waals surface area contributed by atoms with Gasteiger partial charge < -0.3 is 20.1 Å². The highest BCUT2D eigenvalue weighted by molar-refractivity contribution is 5.82. The summed E-state index contributed by atoms with van der Waals surface area (Å²) in [5.41, 5.74) is 0. The predicted octanol–water partition coefficient (Wildman–Crippen LogP) is 1.31. The summed E-state index contributed by atoms with van der Waals surface area (Å²) >= 11 is 0. The molecule has 1 atom stereocenters. The zero-order valence-electron chi connectivity index (χ0n) is 11.7. The number of carboxylic acid groups (broad SMARTS) is 1. The number of nitrogens with zero attached hydrogens (tertiary/aromatic N) is 1. The van der Waals surface area contributed by atoms with Crippen LogP contribution in [0.3, 0.4) is 0 Å². The van der Waals surface area contributed by atoms with Gasteiger partial charge >= 0.3 is 12.0 Å². The SMILES string of the molecule is CCN(CC1CCC1)C(=O)NC(CCOC)C(=O)O. The number of hydrogen-bond acceptors (Lipinski definition) is 3. The number of urea groups is 1. The van der Waals surface area contributed by atoms with Gasteiger partial charge in [0.1, 0.15) is 6.04 Å². The standard InChI is InChI=1S/C13H24N2O4/c1-3-15(9-10-5-4-6-10)13(18)14-11(12(16)17)7-8-19-2/h10-11H,3-9H2,1-2H3,(H,14,18)(H,16,17). The second kappa shape index (κ2) is 7.99. The van der Waals surface area contributed by atoms with E-state index in [0.717, 1.165) is 19.4 Å². The van der Waals surface area contributed by atoms with Gasteiger partial charge in [0.2, 0.25) is 0 Å². The molecule has 1 rings (SSSR count). The Hall–Kier alpha value is -1.30. The molecule has 1 aliphatic carbocycles. The Morgan fingerprint density at radius 3 is 2.58 bits per heavy atom. The van der Waals surface area contributed by atoms with E-state index < -0.39 is 12.0 Å². The fraction of sp³-hybridized carbons (Fsp3) is 0.846. The molecule has 0 aliphatic heterocycles. The van der Waals surface area contributed by atoms with Crippen molar-refractivity contribution in [1.82, 2.24) is 10.2 Å². The maximum absolute atomic E-state index is 12.0. The first-order chi connectivity index (χ1) is 9.08. The van der Waals surface area contributed by atoms with Crippen molar-refractivity contribution in [1.29, 1.82) is 0 Å². The molecule has 0 bridgehead atoms. The van der Waals surface area contributed by atoms with Gasteiger partial charge in [0.15, 0.2) is 0 Å². The molecule has 19 heavy (non-hydrogen) atoms. The molecule has 0 spiro atoms. The molecule has 0 aromatic rings. The van der Waals surface area contributed by atoms with Gasteiger partial charge in [-0.2, -0.15) is 0 Å². The lowest BCUT2D eigenvalue weighted by molar-refractivity contribution is -0.139. The normalized spacial score (nSPS) is 16.5. The van der Waals surface area contributed by atoms with E-state index in [1.807, 2.05) is 6.92 Å². The molecule has 1 unspecified atom stereocenters. The molecule has 0 radical (unpaired) electrons. The fourth-order valence-corrected chi connectivity index (χ4v) is 2.08. The Morgan fingerprint density at radius 1 is 1.47 bits per heavy atom. The van der Waals surface area contributed by atoms with Crippen molar-refractivity contribution < 1.29 is 19.4 Å². The van der Waals surface area contributed by atoms with E-state index in [2.05, 4.69) is 5.32 Å². The van der Waals surface area contributed by atoms with Gasteiger partial charge in [0, 0.05) is 33.2 Å². The maximum atomic E-state index is 12.0. The third-order valence-electron chi connectivity index (χ3n) is 3.58. The highest BCUT2D eigenvalue weighted by Gasteiger charge is 2.26. The third kappa shape index (κ3) is 5.06. The van der Waals surface area contributed by atoms with E-state index in [1.165, 1.54) is 13.5 Å². The zero-order chi connectivity index (χ0) is 14.3. The lowest BCUT2D eigenvalue weighted by Gasteiger charge is -2.32. The van der Waals surface area contributed by atoms with E-state index in [0.29, 0.717) is 19.1 Å². The number of carbonyl (C=O) groups is 2. The van der Waals surface area contributed by atoms with E-state index >= 15 is 0 Å². The van der Waals surface area contributed by atoms with E-state index in [1.54, 1.807) is 4.90 Å². The zero-order valence-corrected chi connectivity index (χ0v) is 11.7. The summed E-state index contributed by atoms with van der Waals surface area (Å²) in [5, 5.41) is 11.6. The molecule has 1 saturated carbocycles. The summed E-state index contributed by atoms with van der Waals surface area (Å²) in [6.07, 6.45) is 3.83. The summed E-state index contributed by atoms with van der Waals surface area (Å²) in [5.74, 6) is -0.446. The minimum atomic E-state index is -1.02. The Kier molecular flexibility index (Phi) is 6.62. The fourth-order valence-electron chi connectivity index (χ4n) is 2.08. The molecule has 0 heterocycles. The number of ether oxygens (including phenoxy) is 1. The molecular weight excluding hydrogens is 248 g/mol. The summed E-state index contributed by atoms with van der Waals surface area (Å²) < 4.78 is 4.85. The van der Waals surface area contributed by atoms with Crippen LogP contribution < -0.4 is 5.32 Å². The molecule has 1 fully saturated rings. The molecule has 6 heteroatoms. The van der Waals surface area contributed by atoms with Crippen LogP contribution in [0.2, 0.25) is 0 Å². The third-order valence-corrected chi connectivity index (χ3v) is 3.58. The van der Waals surface area contributed by atoms with Crippen LogP contribution in [0.15, 0.2) is 0 Å². The first-order valence-corrected chi connectivity index (χ1v) is 6.85. The number of methoxy groups -OCH3 is 1. The van der Waals surface area contributed by atoms with Gasteiger partial charge in [0.05, 0.1) is 0 Å². The lowest BCUT2D eigenvalue weighted by Crippen LogP contribution is -2.49. The average Bonchev–Trinajstić information content (AvgIpc) is 2.32. The van der Waals surface area contributed by atoms with Crippen LogP contribution in [-0.2, 0) is 9.53 Å². The van der Waals surface area contributed by atoms with Crippen molar-refractivity contribution >= 4 is 12.0 Å². The van der Waals surface area contributed by atoms with E-state index in [-0.39, 0.29) is 12.5 Å². The Bertz CT molecular complexity index is 305. The van der Waals surface area contributed by atoms with Crippen LogP contribution in [0.4, 0.5) is 4.79 Å². The Labute approximate surface area is 114 Å². The van der Waals surface area contributed by atoms with Crippen molar-refractivity contribution in [2.24, 2.45) is 5.92 Å². The quantitative estimate of drug-likeness (QED) is 0.698. The summed E-state index contributed by atoms with van der Waals surface area (Å²) in [4.78, 5) is 24.8.